The van der Waals surface area contributed by atoms with E-state index in [1.807, 2.05) is 21.1 Å². The van der Waals surface area contributed by atoms with Gasteiger partial charge in [0.25, 0.3) is 7.82 Å². The van der Waals surface area contributed by atoms with E-state index in [1.165, 1.54) is 257 Å². The number of carbonyl (C=O) groups is 2. The molecule has 0 aromatic carbocycles. The molecule has 0 radical (unpaired) electrons. The summed E-state index contributed by atoms with van der Waals surface area (Å²) in [5.41, 5.74) is 0. The minimum Gasteiger partial charge on any atom is -0.756 e. The topological polar surface area (TPSA) is 111 Å². The Morgan fingerprint density at radius 1 is 0.397 bits per heavy atom. The lowest BCUT2D eigenvalue weighted by Crippen LogP contribution is -2.37. The number of esters is 2. The number of rotatable bonds is 63. The van der Waals surface area contributed by atoms with Crippen molar-refractivity contribution in [1.29, 1.82) is 0 Å². The Balaban J connectivity index is 4.00. The number of ether oxygens (including phenoxy) is 2. The highest BCUT2D eigenvalue weighted by atomic mass is 31.2. The molecule has 0 fully saturated rings. The van der Waals surface area contributed by atoms with Crippen LogP contribution in [0.2, 0.25) is 0 Å². The second kappa shape index (κ2) is 59.8. The Morgan fingerprint density at radius 3 is 1.03 bits per heavy atom. The third kappa shape index (κ3) is 63.4. The molecule has 0 aliphatic rings. The van der Waals surface area contributed by atoms with Gasteiger partial charge >= 0.3 is 11.9 Å². The van der Waals surface area contributed by atoms with Crippen molar-refractivity contribution in [1.82, 2.24) is 0 Å². The Labute approximate surface area is 484 Å². The number of phosphoric acid groups is 1. The van der Waals surface area contributed by atoms with Gasteiger partial charge in [0.1, 0.15) is 19.8 Å². The molecule has 0 spiro atoms. The molecule has 0 heterocycles. The molecule has 78 heavy (non-hydrogen) atoms. The Kier molecular flexibility index (Phi) is 58.5. The highest BCUT2D eigenvalue weighted by Gasteiger charge is 2.22. The number of phosphoric ester groups is 1. The quantitative estimate of drug-likeness (QED) is 0.0195. The molecule has 0 aromatic rings. The van der Waals surface area contributed by atoms with Gasteiger partial charge in [0.05, 0.1) is 27.7 Å². The van der Waals surface area contributed by atoms with Crippen molar-refractivity contribution in [3.05, 3.63) is 36.5 Å². The van der Waals surface area contributed by atoms with Gasteiger partial charge in [0.2, 0.25) is 0 Å². The lowest BCUT2D eigenvalue weighted by atomic mass is 10.0. The Hall–Kier alpha value is -1.77. The van der Waals surface area contributed by atoms with Gasteiger partial charge in [-0.1, -0.05) is 307 Å². The predicted molar refractivity (Wildman–Crippen MR) is 333 cm³/mol. The second-order valence-corrected chi connectivity index (χ2v) is 25.6. The fraction of sp³-hybridized carbons (Fsp3) is 0.882. The van der Waals surface area contributed by atoms with Gasteiger partial charge in [-0.25, -0.2) is 0 Å². The molecule has 0 bridgehead atoms. The van der Waals surface area contributed by atoms with E-state index in [9.17, 15) is 19.0 Å². The van der Waals surface area contributed by atoms with Crippen LogP contribution in [0.5, 0.6) is 0 Å². The third-order valence-electron chi connectivity index (χ3n) is 15.2. The van der Waals surface area contributed by atoms with Crippen molar-refractivity contribution >= 4 is 19.8 Å². The van der Waals surface area contributed by atoms with Crippen LogP contribution in [0.3, 0.4) is 0 Å². The van der Waals surface area contributed by atoms with Crippen molar-refractivity contribution in [2.45, 2.75) is 341 Å². The summed E-state index contributed by atoms with van der Waals surface area (Å²) in [6, 6.07) is 0. The molecule has 0 aromatic heterocycles. The maximum absolute atomic E-state index is 12.8. The van der Waals surface area contributed by atoms with E-state index in [1.54, 1.807) is 0 Å². The largest absolute Gasteiger partial charge is 0.756 e. The maximum atomic E-state index is 12.8. The molecule has 0 N–H and O–H groups in total. The van der Waals surface area contributed by atoms with Crippen LogP contribution < -0.4 is 4.89 Å². The fourth-order valence-corrected chi connectivity index (χ4v) is 10.7. The number of hydrogen-bond acceptors (Lipinski definition) is 8. The fourth-order valence-electron chi connectivity index (χ4n) is 9.96. The number of likely N-dealkylation sites (N-methyl/N-ethyl adjacent to an activating group) is 1. The lowest BCUT2D eigenvalue weighted by molar-refractivity contribution is -0.870. The van der Waals surface area contributed by atoms with E-state index in [4.69, 9.17) is 18.5 Å². The Bertz CT molecular complexity index is 1410. The van der Waals surface area contributed by atoms with Crippen LogP contribution in [-0.2, 0) is 32.7 Å². The first-order chi connectivity index (χ1) is 38.0. The van der Waals surface area contributed by atoms with Crippen LogP contribution >= 0.6 is 7.82 Å². The number of unbranched alkanes of at least 4 members (excludes halogenated alkanes) is 43. The van der Waals surface area contributed by atoms with Crippen LogP contribution in [0.4, 0.5) is 0 Å². The van der Waals surface area contributed by atoms with Crippen molar-refractivity contribution in [2.75, 3.05) is 47.5 Å². The van der Waals surface area contributed by atoms with Crippen LogP contribution in [0.1, 0.15) is 335 Å². The number of quaternary nitrogens is 1. The summed E-state index contributed by atoms with van der Waals surface area (Å²) in [7, 11) is 1.18. The van der Waals surface area contributed by atoms with E-state index in [2.05, 4.69) is 50.3 Å². The minimum absolute atomic E-state index is 0.0277. The zero-order valence-electron chi connectivity index (χ0n) is 52.4. The van der Waals surface area contributed by atoms with Crippen LogP contribution in [0, 0.1) is 0 Å². The van der Waals surface area contributed by atoms with E-state index in [-0.39, 0.29) is 32.0 Å². The molecule has 0 aliphatic heterocycles. The molecule has 2 unspecified atom stereocenters. The van der Waals surface area contributed by atoms with Crippen molar-refractivity contribution < 1.29 is 42.1 Å². The smallest absolute Gasteiger partial charge is 0.306 e. The van der Waals surface area contributed by atoms with Gasteiger partial charge in [0, 0.05) is 12.8 Å². The lowest BCUT2D eigenvalue weighted by Gasteiger charge is -2.28. The molecule has 460 valence electrons. The number of allylic oxidation sites excluding steroid dienone is 6. The molecule has 9 nitrogen and oxygen atoms in total. The first-order valence-corrected chi connectivity index (χ1v) is 35.2. The maximum Gasteiger partial charge on any atom is 0.306 e. The summed E-state index contributed by atoms with van der Waals surface area (Å²) in [4.78, 5) is 38.0. The summed E-state index contributed by atoms with van der Waals surface area (Å²) >= 11 is 0. The van der Waals surface area contributed by atoms with Gasteiger partial charge in [-0.3, -0.25) is 14.2 Å². The summed E-state index contributed by atoms with van der Waals surface area (Å²) in [6.45, 7) is 4.29. The van der Waals surface area contributed by atoms with Crippen molar-refractivity contribution in [3.63, 3.8) is 0 Å². The van der Waals surface area contributed by atoms with Gasteiger partial charge in [0.15, 0.2) is 6.10 Å². The van der Waals surface area contributed by atoms with Gasteiger partial charge in [-0.2, -0.15) is 0 Å². The molecule has 0 aliphatic carbocycles. The summed E-state index contributed by atoms with van der Waals surface area (Å²) in [5, 5.41) is 0. The zero-order chi connectivity index (χ0) is 57.0. The van der Waals surface area contributed by atoms with Crippen molar-refractivity contribution in [3.8, 4) is 0 Å². The Morgan fingerprint density at radius 2 is 0.692 bits per heavy atom. The zero-order valence-corrected chi connectivity index (χ0v) is 53.3. The van der Waals surface area contributed by atoms with Crippen molar-refractivity contribution in [2.24, 2.45) is 0 Å². The van der Waals surface area contributed by atoms with Gasteiger partial charge in [-0.05, 0) is 51.4 Å². The number of nitrogens with zero attached hydrogens (tertiary/aromatic N) is 1. The SMILES string of the molecule is CCCCCCC/C=C\C/C=C\C/C=C\CCCCCCCCCCCCCCCCCCCCC(=O)OC(COC(=O)CCCCCCCCCCCCCCCCCCCCCCC)COP(=O)([O-])OCC[N+](C)(C)C. The highest BCUT2D eigenvalue weighted by molar-refractivity contribution is 7.45. The number of carbonyl (C=O) groups excluding carboxylic acids is 2. The van der Waals surface area contributed by atoms with Crippen LogP contribution in [0.25, 0.3) is 0 Å². The number of hydrogen-bond donors (Lipinski definition) is 0. The molecule has 0 saturated carbocycles. The third-order valence-corrected chi connectivity index (χ3v) is 16.1. The average Bonchev–Trinajstić information content (AvgIpc) is 3.41. The summed E-state index contributed by atoms with van der Waals surface area (Å²) in [6.07, 6.45) is 75.0. The molecule has 0 rings (SSSR count). The minimum atomic E-state index is -4.64. The average molecular weight is 1120 g/mol. The molecular weight excluding hydrogens is 990 g/mol. The van der Waals surface area contributed by atoms with Crippen LogP contribution in [0.15, 0.2) is 36.5 Å². The predicted octanol–water partition coefficient (Wildman–Crippen LogP) is 20.9. The van der Waals surface area contributed by atoms with E-state index in [0.29, 0.717) is 17.4 Å². The summed E-state index contributed by atoms with van der Waals surface area (Å²) < 4.78 is 34.3. The highest BCUT2D eigenvalue weighted by Crippen LogP contribution is 2.38. The molecule has 0 amide bonds. The molecule has 2 atom stereocenters. The van der Waals surface area contributed by atoms with Gasteiger partial charge in [-0.15, -0.1) is 0 Å². The van der Waals surface area contributed by atoms with E-state index < -0.39 is 26.5 Å². The monoisotopic (exact) mass is 1120 g/mol. The van der Waals surface area contributed by atoms with E-state index >= 15 is 0 Å². The first kappa shape index (κ1) is 76.2. The standard InChI is InChI=1S/C68H130NO8P/c1-6-8-10-12-14-16-18-20-22-24-26-28-29-30-31-32-33-34-35-36-37-38-39-41-43-45-47-49-51-53-55-57-59-61-68(71)77-66(65-76-78(72,73)75-63-62-69(3,4)5)64-74-67(70)60-58-56-54-52-50-48-46-44-42-40-27-25-23-21-19-17-15-13-11-9-7-2/h18,20,24,26,29-30,66H,6-17,19,21-23,25,27-28,31-65H2,1-5H3/b20-18-,26-24-,30-29-. The van der Waals surface area contributed by atoms with Crippen LogP contribution in [-0.4, -0.2) is 70.0 Å². The molecular formula is C68H130NO8P. The summed E-state index contributed by atoms with van der Waals surface area (Å²) in [5.74, 6) is -0.812. The second-order valence-electron chi connectivity index (χ2n) is 24.2. The van der Waals surface area contributed by atoms with Gasteiger partial charge < -0.3 is 27.9 Å². The first-order valence-electron chi connectivity index (χ1n) is 33.7. The normalized spacial score (nSPS) is 13.4. The molecule has 0 saturated heterocycles. The van der Waals surface area contributed by atoms with E-state index in [0.717, 1.165) is 44.9 Å². The molecule has 10 heteroatoms.